The fourth-order valence-corrected chi connectivity index (χ4v) is 2.55. The Morgan fingerprint density at radius 1 is 1.26 bits per heavy atom. The summed E-state index contributed by atoms with van der Waals surface area (Å²) in [5.41, 5.74) is 2.63. The summed E-state index contributed by atoms with van der Waals surface area (Å²) >= 11 is 3.40. The van der Waals surface area contributed by atoms with Crippen molar-refractivity contribution >= 4 is 57.5 Å². The van der Waals surface area contributed by atoms with Crippen LogP contribution in [0.25, 0.3) is 0 Å². The summed E-state index contributed by atoms with van der Waals surface area (Å²) < 4.78 is 6.44. The van der Waals surface area contributed by atoms with Crippen LogP contribution in [-0.2, 0) is 11.3 Å². The van der Waals surface area contributed by atoms with Crippen LogP contribution in [0, 0.1) is 20.8 Å². The Labute approximate surface area is 185 Å². The zero-order valence-corrected chi connectivity index (χ0v) is 19.8. The summed E-state index contributed by atoms with van der Waals surface area (Å²) in [6.07, 6.45) is 0. The predicted molar refractivity (Wildman–Crippen MR) is 122 cm³/mol. The maximum atomic E-state index is 12.2. The van der Waals surface area contributed by atoms with E-state index >= 15 is 0 Å². The number of rotatable bonds is 6. The van der Waals surface area contributed by atoms with Crippen molar-refractivity contribution in [1.29, 1.82) is 0 Å². The molecule has 2 rings (SSSR count). The van der Waals surface area contributed by atoms with Crippen molar-refractivity contribution in [3.8, 4) is 0 Å². The van der Waals surface area contributed by atoms with E-state index in [2.05, 4.69) is 41.9 Å². The Bertz CT molecular complexity index is 788. The number of nitrogens with one attached hydrogen (secondary N) is 3. The largest absolute Gasteiger partial charge is 0.444 e. The first kappa shape index (κ1) is 23.4. The van der Waals surface area contributed by atoms with Crippen molar-refractivity contribution in [2.24, 2.45) is 4.99 Å². The van der Waals surface area contributed by atoms with Gasteiger partial charge in [-0.3, -0.25) is 4.79 Å². The van der Waals surface area contributed by atoms with E-state index in [0.717, 1.165) is 27.2 Å². The number of nitrogens with zero attached hydrogens (tertiary/aromatic N) is 2. The molecule has 0 radical (unpaired) electrons. The fourth-order valence-electron chi connectivity index (χ4n) is 2.19. The second kappa shape index (κ2) is 11.3. The van der Waals surface area contributed by atoms with Crippen LogP contribution in [-0.4, -0.2) is 29.9 Å². The number of carbonyl (C=O) groups is 1. The van der Waals surface area contributed by atoms with E-state index in [1.165, 1.54) is 0 Å². The molecule has 0 aliphatic heterocycles. The van der Waals surface area contributed by atoms with Crippen molar-refractivity contribution in [2.75, 3.05) is 18.4 Å². The first-order chi connectivity index (χ1) is 12.4. The lowest BCUT2D eigenvalue weighted by Crippen LogP contribution is -2.37. The molecule has 7 nitrogen and oxygen atoms in total. The Morgan fingerprint density at radius 3 is 2.63 bits per heavy atom. The molecule has 0 atom stereocenters. The van der Waals surface area contributed by atoms with E-state index in [4.69, 9.17) is 4.42 Å². The molecule has 0 saturated carbocycles. The van der Waals surface area contributed by atoms with E-state index < -0.39 is 0 Å². The number of hydrogen-bond donors (Lipinski definition) is 3. The number of anilines is 1. The van der Waals surface area contributed by atoms with Crippen molar-refractivity contribution in [1.82, 2.24) is 15.6 Å². The van der Waals surface area contributed by atoms with Crippen molar-refractivity contribution in [3.63, 3.8) is 0 Å². The minimum Gasteiger partial charge on any atom is -0.444 e. The molecule has 0 unspecified atom stereocenters. The minimum absolute atomic E-state index is 0. The van der Waals surface area contributed by atoms with Crippen LogP contribution < -0.4 is 16.0 Å². The number of aryl methyl sites for hydroxylation is 3. The third kappa shape index (κ3) is 7.49. The highest BCUT2D eigenvalue weighted by molar-refractivity contribution is 14.0. The number of oxazole rings is 1. The molecule has 1 aromatic heterocycles. The molecule has 0 saturated heterocycles. The third-order valence-electron chi connectivity index (χ3n) is 3.68. The van der Waals surface area contributed by atoms with Crippen LogP contribution in [0.2, 0.25) is 0 Å². The minimum atomic E-state index is -0.189. The number of aromatic nitrogens is 1. The first-order valence-corrected chi connectivity index (χ1v) is 9.19. The van der Waals surface area contributed by atoms with Crippen LogP contribution >= 0.6 is 39.9 Å². The van der Waals surface area contributed by atoms with Gasteiger partial charge in [-0.1, -0.05) is 22.0 Å². The normalized spacial score (nSPS) is 10.9. The highest BCUT2D eigenvalue weighted by Gasteiger charge is 2.08. The lowest BCUT2D eigenvalue weighted by molar-refractivity contribution is -0.114. The summed E-state index contributed by atoms with van der Waals surface area (Å²) in [5.74, 6) is 1.72. The number of hydrogen-bond acceptors (Lipinski definition) is 4. The van der Waals surface area contributed by atoms with Crippen LogP contribution in [0.5, 0.6) is 0 Å². The predicted octanol–water partition coefficient (Wildman–Crippen LogP) is 3.67. The molecule has 27 heavy (non-hydrogen) atoms. The van der Waals surface area contributed by atoms with E-state index in [1.54, 1.807) is 0 Å². The first-order valence-electron chi connectivity index (χ1n) is 8.40. The maximum absolute atomic E-state index is 12.2. The van der Waals surface area contributed by atoms with Gasteiger partial charge in [0.15, 0.2) is 5.96 Å². The van der Waals surface area contributed by atoms with Crippen molar-refractivity contribution in [2.45, 2.75) is 34.2 Å². The van der Waals surface area contributed by atoms with Gasteiger partial charge in [-0.2, -0.15) is 0 Å². The van der Waals surface area contributed by atoms with Gasteiger partial charge in [-0.25, -0.2) is 9.98 Å². The standard InChI is InChI=1S/C18H24BrN5O2.HI/c1-5-20-18(22-10-17-23-12(3)13(4)26-17)21-9-16(25)24-15-8-14(19)7-6-11(15)2;/h6-8H,5,9-10H2,1-4H3,(H,24,25)(H2,20,21,22);1H. The summed E-state index contributed by atoms with van der Waals surface area (Å²) in [6, 6.07) is 5.74. The second-order valence-corrected chi connectivity index (χ2v) is 6.72. The highest BCUT2D eigenvalue weighted by atomic mass is 127. The van der Waals surface area contributed by atoms with Crippen LogP contribution in [0.15, 0.2) is 32.1 Å². The number of amides is 1. The molecular formula is C18H25BrIN5O2. The molecule has 0 spiro atoms. The summed E-state index contributed by atoms with van der Waals surface area (Å²) in [5, 5.41) is 9.08. The Morgan fingerprint density at radius 2 is 2.00 bits per heavy atom. The molecule has 0 aliphatic rings. The summed E-state index contributed by atoms with van der Waals surface area (Å²) in [6.45, 7) is 8.76. The highest BCUT2D eigenvalue weighted by Crippen LogP contribution is 2.20. The molecule has 0 aliphatic carbocycles. The molecule has 148 valence electrons. The average Bonchev–Trinajstić information content (AvgIpc) is 2.91. The number of halogens is 2. The number of carbonyl (C=O) groups excluding carboxylic acids is 1. The van der Waals surface area contributed by atoms with Gasteiger partial charge in [0, 0.05) is 16.7 Å². The van der Waals surface area contributed by atoms with Gasteiger partial charge >= 0.3 is 0 Å². The monoisotopic (exact) mass is 549 g/mol. The van der Waals surface area contributed by atoms with Crippen LogP contribution in [0.1, 0.15) is 29.8 Å². The van der Waals surface area contributed by atoms with E-state index in [-0.39, 0.29) is 36.4 Å². The number of benzene rings is 1. The fraction of sp³-hybridized carbons (Fsp3) is 0.389. The maximum Gasteiger partial charge on any atom is 0.246 e. The van der Waals surface area contributed by atoms with E-state index in [9.17, 15) is 4.79 Å². The molecule has 3 N–H and O–H groups in total. The van der Waals surface area contributed by atoms with Gasteiger partial charge in [0.2, 0.25) is 11.8 Å². The van der Waals surface area contributed by atoms with Gasteiger partial charge in [-0.05, 0) is 45.4 Å². The van der Waals surface area contributed by atoms with Crippen molar-refractivity contribution < 1.29 is 9.21 Å². The van der Waals surface area contributed by atoms with Gasteiger partial charge < -0.3 is 20.4 Å². The summed E-state index contributed by atoms with van der Waals surface area (Å²) in [7, 11) is 0. The Balaban J connectivity index is 0.00000364. The number of guanidine groups is 1. The topological polar surface area (TPSA) is 91.5 Å². The third-order valence-corrected chi connectivity index (χ3v) is 4.17. The molecule has 1 amide bonds. The molecular weight excluding hydrogens is 525 g/mol. The lowest BCUT2D eigenvalue weighted by atomic mass is 10.2. The van der Waals surface area contributed by atoms with Crippen molar-refractivity contribution in [3.05, 3.63) is 45.6 Å². The molecule has 9 heteroatoms. The van der Waals surface area contributed by atoms with Crippen LogP contribution in [0.4, 0.5) is 5.69 Å². The molecule has 2 aromatic rings. The molecule has 0 bridgehead atoms. The average molecular weight is 550 g/mol. The van der Waals surface area contributed by atoms with Gasteiger partial charge in [0.25, 0.3) is 0 Å². The van der Waals surface area contributed by atoms with Crippen LogP contribution in [0.3, 0.4) is 0 Å². The molecule has 1 aromatic carbocycles. The van der Waals surface area contributed by atoms with Gasteiger partial charge in [0.1, 0.15) is 12.3 Å². The SMILES string of the molecule is CCNC(=NCC(=O)Nc1cc(Br)ccc1C)NCc1nc(C)c(C)o1.I. The second-order valence-electron chi connectivity index (χ2n) is 5.81. The van der Waals surface area contributed by atoms with Gasteiger partial charge in [0.05, 0.1) is 12.2 Å². The zero-order valence-electron chi connectivity index (χ0n) is 15.9. The zero-order chi connectivity index (χ0) is 19.1. The Kier molecular flexibility index (Phi) is 9.78. The van der Waals surface area contributed by atoms with Gasteiger partial charge in [-0.15, -0.1) is 24.0 Å². The van der Waals surface area contributed by atoms with E-state index in [0.29, 0.717) is 24.9 Å². The lowest BCUT2D eigenvalue weighted by Gasteiger charge is -2.11. The number of aliphatic imine (C=N–C) groups is 1. The molecule has 0 fully saturated rings. The summed E-state index contributed by atoms with van der Waals surface area (Å²) in [4.78, 5) is 20.8. The Hall–Kier alpha value is -1.62. The molecule has 1 heterocycles. The quantitative estimate of drug-likeness (QED) is 0.290. The smallest absolute Gasteiger partial charge is 0.246 e. The van der Waals surface area contributed by atoms with E-state index in [1.807, 2.05) is 45.9 Å².